The number of benzene rings is 1. The molecular formula is C17H15NO4S. The molecule has 2 N–H and O–H groups in total. The summed E-state index contributed by atoms with van der Waals surface area (Å²) in [6, 6.07) is 11.6. The van der Waals surface area contributed by atoms with Crippen molar-refractivity contribution in [3.63, 3.8) is 0 Å². The maximum absolute atomic E-state index is 12.4. The molecule has 5 nitrogen and oxygen atoms in total. The van der Waals surface area contributed by atoms with Gasteiger partial charge in [0.1, 0.15) is 5.76 Å². The van der Waals surface area contributed by atoms with Crippen molar-refractivity contribution in [2.45, 2.75) is 6.04 Å². The first-order chi connectivity index (χ1) is 11.1. The molecule has 2 aromatic rings. The van der Waals surface area contributed by atoms with Crippen LogP contribution in [0, 0.1) is 0 Å². The van der Waals surface area contributed by atoms with Gasteiger partial charge in [-0.15, -0.1) is 11.3 Å². The number of thiophene rings is 1. The fourth-order valence-electron chi connectivity index (χ4n) is 2.71. The second kappa shape index (κ2) is 6.36. The Hall–Kier alpha value is -2.44. The third kappa shape index (κ3) is 2.67. The molecule has 0 bridgehead atoms. The second-order valence-electron chi connectivity index (χ2n) is 5.10. The maximum Gasteiger partial charge on any atom is 0.295 e. The van der Waals surface area contributed by atoms with E-state index in [4.69, 9.17) is 0 Å². The molecule has 1 fully saturated rings. The van der Waals surface area contributed by atoms with E-state index in [1.54, 1.807) is 30.3 Å². The number of aliphatic hydroxyl groups excluding tert-OH is 2. The summed E-state index contributed by atoms with van der Waals surface area (Å²) >= 11 is 1.40. The van der Waals surface area contributed by atoms with Gasteiger partial charge in [-0.3, -0.25) is 9.59 Å². The molecule has 0 spiro atoms. The van der Waals surface area contributed by atoms with Crippen LogP contribution in [0.2, 0.25) is 0 Å². The summed E-state index contributed by atoms with van der Waals surface area (Å²) in [5.41, 5.74) is 0.549. The number of nitrogens with zero attached hydrogens (tertiary/aromatic N) is 1. The standard InChI is InChI=1S/C17H15NO4S/c19-9-8-18-14(12-7-4-10-23-12)13(16(21)17(18)22)15(20)11-5-2-1-3-6-11/h1-7,10,14,19-20H,8-9H2/b15-13-. The average molecular weight is 329 g/mol. The number of likely N-dealkylation sites (tertiary alicyclic amines) is 1. The van der Waals surface area contributed by atoms with E-state index >= 15 is 0 Å². The van der Waals surface area contributed by atoms with Crippen LogP contribution in [0.1, 0.15) is 16.5 Å². The van der Waals surface area contributed by atoms with Crippen LogP contribution in [-0.2, 0) is 9.59 Å². The van der Waals surface area contributed by atoms with E-state index in [1.165, 1.54) is 16.2 Å². The Balaban J connectivity index is 2.16. The van der Waals surface area contributed by atoms with Crippen molar-refractivity contribution in [2.75, 3.05) is 13.2 Å². The molecule has 1 saturated heterocycles. The Morgan fingerprint density at radius 1 is 1.13 bits per heavy atom. The number of hydrogen-bond acceptors (Lipinski definition) is 5. The van der Waals surface area contributed by atoms with Crippen molar-refractivity contribution < 1.29 is 19.8 Å². The first-order valence-corrected chi connectivity index (χ1v) is 8.01. The van der Waals surface area contributed by atoms with E-state index in [-0.39, 0.29) is 24.5 Å². The summed E-state index contributed by atoms with van der Waals surface area (Å²) in [6.45, 7) is -0.209. The third-order valence-electron chi connectivity index (χ3n) is 3.74. The van der Waals surface area contributed by atoms with Crippen molar-refractivity contribution in [1.29, 1.82) is 0 Å². The second-order valence-corrected chi connectivity index (χ2v) is 6.08. The molecule has 1 amide bonds. The minimum Gasteiger partial charge on any atom is -0.507 e. The number of ketones is 1. The Kier molecular flexibility index (Phi) is 4.27. The van der Waals surface area contributed by atoms with Gasteiger partial charge in [0, 0.05) is 17.0 Å². The number of β-amino-alcohol motifs (C(OH)–C–C–N with tert-alkyl or cyclic N) is 1. The monoisotopic (exact) mass is 329 g/mol. The minimum absolute atomic E-state index is 0.0404. The number of carbonyl (C=O) groups excluding carboxylic acids is 2. The number of hydrogen-bond donors (Lipinski definition) is 2. The number of carbonyl (C=O) groups is 2. The van der Waals surface area contributed by atoms with Gasteiger partial charge in [-0.25, -0.2) is 0 Å². The number of aliphatic hydroxyl groups is 2. The minimum atomic E-state index is -0.724. The molecule has 1 aliphatic rings. The molecule has 118 valence electrons. The molecule has 1 unspecified atom stereocenters. The van der Waals surface area contributed by atoms with E-state index in [2.05, 4.69) is 0 Å². The molecule has 1 aliphatic heterocycles. The summed E-state index contributed by atoms with van der Waals surface area (Å²) in [5, 5.41) is 21.6. The third-order valence-corrected chi connectivity index (χ3v) is 4.67. The fourth-order valence-corrected chi connectivity index (χ4v) is 3.56. The quantitative estimate of drug-likeness (QED) is 0.512. The lowest BCUT2D eigenvalue weighted by atomic mass is 10.00. The van der Waals surface area contributed by atoms with Crippen LogP contribution in [0.25, 0.3) is 5.76 Å². The van der Waals surface area contributed by atoms with E-state index in [1.807, 2.05) is 17.5 Å². The first kappa shape index (κ1) is 15.5. The van der Waals surface area contributed by atoms with Crippen LogP contribution in [0.5, 0.6) is 0 Å². The van der Waals surface area contributed by atoms with Gasteiger partial charge in [0.2, 0.25) is 0 Å². The number of amides is 1. The smallest absolute Gasteiger partial charge is 0.295 e. The predicted molar refractivity (Wildman–Crippen MR) is 86.9 cm³/mol. The summed E-state index contributed by atoms with van der Waals surface area (Å²) < 4.78 is 0. The van der Waals surface area contributed by atoms with Crippen LogP contribution in [-0.4, -0.2) is 40.0 Å². The largest absolute Gasteiger partial charge is 0.507 e. The van der Waals surface area contributed by atoms with Crippen molar-refractivity contribution >= 4 is 28.8 Å². The van der Waals surface area contributed by atoms with Gasteiger partial charge in [0.25, 0.3) is 11.7 Å². The molecule has 1 atom stereocenters. The SMILES string of the molecule is O=C1C(=O)N(CCO)C(c2cccs2)/C1=C(/O)c1ccccc1. The van der Waals surface area contributed by atoms with Gasteiger partial charge in [0.15, 0.2) is 0 Å². The van der Waals surface area contributed by atoms with Gasteiger partial charge in [-0.2, -0.15) is 0 Å². The van der Waals surface area contributed by atoms with Gasteiger partial charge < -0.3 is 15.1 Å². The molecule has 1 aromatic heterocycles. The van der Waals surface area contributed by atoms with Crippen molar-refractivity contribution in [2.24, 2.45) is 0 Å². The van der Waals surface area contributed by atoms with Crippen molar-refractivity contribution in [3.05, 3.63) is 63.9 Å². The summed E-state index contributed by atoms with van der Waals surface area (Å²) in [6.07, 6.45) is 0. The Bertz CT molecular complexity index is 752. The highest BCUT2D eigenvalue weighted by Crippen LogP contribution is 2.40. The predicted octanol–water partition coefficient (Wildman–Crippen LogP) is 2.16. The summed E-state index contributed by atoms with van der Waals surface area (Å²) in [7, 11) is 0. The number of Topliss-reactive ketones (excluding diaryl/α,β-unsaturated/α-hetero) is 1. The molecule has 2 heterocycles. The lowest BCUT2D eigenvalue weighted by molar-refractivity contribution is -0.140. The van der Waals surface area contributed by atoms with E-state index < -0.39 is 17.7 Å². The highest BCUT2D eigenvalue weighted by Gasteiger charge is 2.46. The van der Waals surface area contributed by atoms with Gasteiger partial charge in [-0.1, -0.05) is 36.4 Å². The first-order valence-electron chi connectivity index (χ1n) is 7.13. The van der Waals surface area contributed by atoms with Gasteiger partial charge in [-0.05, 0) is 11.4 Å². The zero-order chi connectivity index (χ0) is 16.4. The van der Waals surface area contributed by atoms with Crippen molar-refractivity contribution in [1.82, 2.24) is 4.90 Å². The average Bonchev–Trinajstić information content (AvgIpc) is 3.18. The van der Waals surface area contributed by atoms with E-state index in [0.29, 0.717) is 5.56 Å². The summed E-state index contributed by atoms with van der Waals surface area (Å²) in [5.74, 6) is -1.61. The Morgan fingerprint density at radius 2 is 1.87 bits per heavy atom. The van der Waals surface area contributed by atoms with Crippen LogP contribution in [0.3, 0.4) is 0 Å². The highest BCUT2D eigenvalue weighted by atomic mass is 32.1. The highest BCUT2D eigenvalue weighted by molar-refractivity contribution is 7.10. The lowest BCUT2D eigenvalue weighted by Gasteiger charge is -2.23. The zero-order valence-corrected chi connectivity index (χ0v) is 13.0. The summed E-state index contributed by atoms with van der Waals surface area (Å²) in [4.78, 5) is 26.8. The zero-order valence-electron chi connectivity index (χ0n) is 12.2. The van der Waals surface area contributed by atoms with E-state index in [9.17, 15) is 19.8 Å². The molecule has 3 rings (SSSR count). The molecule has 0 radical (unpaired) electrons. The van der Waals surface area contributed by atoms with Crippen LogP contribution in [0.4, 0.5) is 0 Å². The van der Waals surface area contributed by atoms with Crippen molar-refractivity contribution in [3.8, 4) is 0 Å². The van der Waals surface area contributed by atoms with Gasteiger partial charge in [0.05, 0.1) is 18.2 Å². The molecule has 1 aromatic carbocycles. The lowest BCUT2D eigenvalue weighted by Crippen LogP contribution is -2.31. The topological polar surface area (TPSA) is 77.8 Å². The maximum atomic E-state index is 12.4. The molecule has 6 heteroatoms. The van der Waals surface area contributed by atoms with Crippen LogP contribution >= 0.6 is 11.3 Å². The normalized spacial score (nSPS) is 20.2. The van der Waals surface area contributed by atoms with Crippen LogP contribution in [0.15, 0.2) is 53.4 Å². The van der Waals surface area contributed by atoms with Crippen LogP contribution < -0.4 is 0 Å². The molecular weight excluding hydrogens is 314 g/mol. The Morgan fingerprint density at radius 3 is 2.48 bits per heavy atom. The number of rotatable bonds is 4. The Labute approximate surface area is 137 Å². The molecule has 23 heavy (non-hydrogen) atoms. The van der Waals surface area contributed by atoms with Gasteiger partial charge >= 0.3 is 0 Å². The molecule has 0 saturated carbocycles. The van der Waals surface area contributed by atoms with E-state index in [0.717, 1.165) is 4.88 Å². The molecule has 0 aliphatic carbocycles. The fraction of sp³-hybridized carbons (Fsp3) is 0.176.